The summed E-state index contributed by atoms with van der Waals surface area (Å²) in [5, 5.41) is 7.83. The zero-order chi connectivity index (χ0) is 11.8. The molecule has 1 aliphatic carbocycles. The lowest BCUT2D eigenvalue weighted by Crippen LogP contribution is -2.02. The fourth-order valence-electron chi connectivity index (χ4n) is 1.89. The maximum absolute atomic E-state index is 12.6. The molecule has 0 atom stereocenters. The number of rotatable bonds is 3. The summed E-state index contributed by atoms with van der Waals surface area (Å²) in [7, 11) is 0. The van der Waals surface area contributed by atoms with Crippen LogP contribution in [0.5, 0.6) is 0 Å². The van der Waals surface area contributed by atoms with Crippen molar-refractivity contribution in [2.75, 3.05) is 0 Å². The fourth-order valence-corrected chi connectivity index (χ4v) is 1.89. The van der Waals surface area contributed by atoms with E-state index in [2.05, 4.69) is 10.3 Å². The summed E-state index contributed by atoms with van der Waals surface area (Å²) in [5.41, 5.74) is 1.68. The van der Waals surface area contributed by atoms with Gasteiger partial charge in [0.05, 0.1) is 17.6 Å². The molecule has 0 aliphatic heterocycles. The minimum atomic E-state index is -2.46. The van der Waals surface area contributed by atoms with Gasteiger partial charge in [0.15, 0.2) is 0 Å². The van der Waals surface area contributed by atoms with Crippen LogP contribution in [0.1, 0.15) is 36.4 Å². The van der Waals surface area contributed by atoms with Crippen molar-refractivity contribution in [3.8, 4) is 5.69 Å². The summed E-state index contributed by atoms with van der Waals surface area (Å²) in [4.78, 5) is 0. The SMILES string of the molecule is FC(F)c1cccc(-n2nncc2C2CC2)c1. The average molecular weight is 235 g/mol. The van der Waals surface area contributed by atoms with Crippen molar-refractivity contribution >= 4 is 0 Å². The van der Waals surface area contributed by atoms with Crippen molar-refractivity contribution in [3.63, 3.8) is 0 Å². The molecule has 5 heteroatoms. The van der Waals surface area contributed by atoms with Gasteiger partial charge in [-0.05, 0) is 25.0 Å². The van der Waals surface area contributed by atoms with Crippen LogP contribution in [0.15, 0.2) is 30.5 Å². The summed E-state index contributed by atoms with van der Waals surface area (Å²) in [6.45, 7) is 0. The molecule has 0 amide bonds. The van der Waals surface area contributed by atoms with Crippen LogP contribution in [0.3, 0.4) is 0 Å². The molecule has 0 bridgehead atoms. The van der Waals surface area contributed by atoms with E-state index in [1.165, 1.54) is 12.1 Å². The third-order valence-electron chi connectivity index (χ3n) is 2.94. The lowest BCUT2D eigenvalue weighted by molar-refractivity contribution is 0.151. The molecule has 0 unspecified atom stereocenters. The van der Waals surface area contributed by atoms with Gasteiger partial charge in [0.25, 0.3) is 6.43 Å². The molecule has 1 heterocycles. The molecule has 0 radical (unpaired) electrons. The van der Waals surface area contributed by atoms with Gasteiger partial charge in [-0.2, -0.15) is 0 Å². The predicted molar refractivity (Wildman–Crippen MR) is 58.3 cm³/mol. The molecular formula is C12H11F2N3. The first-order valence-electron chi connectivity index (χ1n) is 5.55. The number of aromatic nitrogens is 3. The summed E-state index contributed by atoms with van der Waals surface area (Å²) in [6.07, 6.45) is 1.51. The van der Waals surface area contributed by atoms with Crippen molar-refractivity contribution < 1.29 is 8.78 Å². The van der Waals surface area contributed by atoms with E-state index < -0.39 is 6.43 Å². The fraction of sp³-hybridized carbons (Fsp3) is 0.333. The molecule has 1 aliphatic rings. The topological polar surface area (TPSA) is 30.7 Å². The van der Waals surface area contributed by atoms with Crippen molar-refractivity contribution in [1.29, 1.82) is 0 Å². The molecule has 3 rings (SSSR count). The molecule has 0 saturated heterocycles. The third-order valence-corrected chi connectivity index (χ3v) is 2.94. The van der Waals surface area contributed by atoms with Gasteiger partial charge >= 0.3 is 0 Å². The number of nitrogens with zero attached hydrogens (tertiary/aromatic N) is 3. The monoisotopic (exact) mass is 235 g/mol. The Bertz CT molecular complexity index is 532. The Morgan fingerprint density at radius 3 is 2.82 bits per heavy atom. The first-order chi connectivity index (χ1) is 8.25. The van der Waals surface area contributed by atoms with Gasteiger partial charge in [-0.15, -0.1) is 5.10 Å². The molecule has 0 N–H and O–H groups in total. The lowest BCUT2D eigenvalue weighted by atomic mass is 10.2. The van der Waals surface area contributed by atoms with Crippen LogP contribution in [0.2, 0.25) is 0 Å². The highest BCUT2D eigenvalue weighted by molar-refractivity contribution is 5.37. The maximum Gasteiger partial charge on any atom is 0.263 e. The van der Waals surface area contributed by atoms with Gasteiger partial charge < -0.3 is 0 Å². The van der Waals surface area contributed by atoms with Crippen LogP contribution in [0.4, 0.5) is 8.78 Å². The molecule has 3 nitrogen and oxygen atoms in total. The van der Waals surface area contributed by atoms with E-state index in [1.54, 1.807) is 23.0 Å². The number of halogens is 2. The van der Waals surface area contributed by atoms with Gasteiger partial charge in [-0.1, -0.05) is 17.3 Å². The summed E-state index contributed by atoms with van der Waals surface area (Å²) >= 11 is 0. The van der Waals surface area contributed by atoms with Gasteiger partial charge in [-0.25, -0.2) is 13.5 Å². The molecule has 88 valence electrons. The minimum Gasteiger partial charge on any atom is -0.217 e. The highest BCUT2D eigenvalue weighted by atomic mass is 19.3. The second kappa shape index (κ2) is 3.91. The van der Waals surface area contributed by atoms with Crippen LogP contribution in [-0.4, -0.2) is 15.0 Å². The Labute approximate surface area is 97.1 Å². The summed E-state index contributed by atoms with van der Waals surface area (Å²) in [5.74, 6) is 0.486. The molecule has 1 aromatic heterocycles. The normalized spacial score (nSPS) is 15.5. The van der Waals surface area contributed by atoms with E-state index >= 15 is 0 Å². The van der Waals surface area contributed by atoms with E-state index in [9.17, 15) is 8.78 Å². The van der Waals surface area contributed by atoms with E-state index in [-0.39, 0.29) is 5.56 Å². The molecule has 1 aromatic carbocycles. The summed E-state index contributed by atoms with van der Waals surface area (Å²) < 4.78 is 26.9. The standard InChI is InChI=1S/C12H11F2N3/c13-12(14)9-2-1-3-10(6-9)17-11(7-15-16-17)8-4-5-8/h1-3,6-8,12H,4-5H2. The van der Waals surface area contributed by atoms with Gasteiger partial charge in [0.1, 0.15) is 0 Å². The first kappa shape index (κ1) is 10.4. The quantitative estimate of drug-likeness (QED) is 0.818. The highest BCUT2D eigenvalue weighted by Gasteiger charge is 2.28. The van der Waals surface area contributed by atoms with Gasteiger partial charge in [-0.3, -0.25) is 0 Å². The van der Waals surface area contributed by atoms with E-state index in [1.807, 2.05) is 0 Å². The van der Waals surface area contributed by atoms with Crippen molar-refractivity contribution in [2.24, 2.45) is 0 Å². The smallest absolute Gasteiger partial charge is 0.217 e. The van der Waals surface area contributed by atoms with Crippen LogP contribution in [-0.2, 0) is 0 Å². The van der Waals surface area contributed by atoms with Crippen LogP contribution in [0.25, 0.3) is 5.69 Å². The van der Waals surface area contributed by atoms with E-state index in [0.29, 0.717) is 11.6 Å². The Hall–Kier alpha value is -1.78. The van der Waals surface area contributed by atoms with E-state index in [4.69, 9.17) is 0 Å². The zero-order valence-electron chi connectivity index (χ0n) is 9.05. The Balaban J connectivity index is 2.02. The van der Waals surface area contributed by atoms with Crippen LogP contribution < -0.4 is 0 Å². The minimum absolute atomic E-state index is 0.0137. The third kappa shape index (κ3) is 1.92. The van der Waals surface area contributed by atoms with Crippen molar-refractivity contribution in [3.05, 3.63) is 41.7 Å². The molecular weight excluding hydrogens is 224 g/mol. The van der Waals surface area contributed by atoms with Crippen molar-refractivity contribution in [2.45, 2.75) is 25.2 Å². The molecule has 0 spiro atoms. The Morgan fingerprint density at radius 1 is 1.29 bits per heavy atom. The number of hydrogen-bond donors (Lipinski definition) is 0. The average Bonchev–Trinajstić information content (AvgIpc) is 3.07. The Morgan fingerprint density at radius 2 is 2.12 bits per heavy atom. The second-order valence-electron chi connectivity index (χ2n) is 4.24. The van der Waals surface area contributed by atoms with Gasteiger partial charge in [0.2, 0.25) is 0 Å². The largest absolute Gasteiger partial charge is 0.263 e. The first-order valence-corrected chi connectivity index (χ1v) is 5.55. The summed E-state index contributed by atoms with van der Waals surface area (Å²) in [6, 6.07) is 6.27. The number of alkyl halides is 2. The van der Waals surface area contributed by atoms with E-state index in [0.717, 1.165) is 18.5 Å². The number of benzene rings is 1. The van der Waals surface area contributed by atoms with Crippen molar-refractivity contribution in [1.82, 2.24) is 15.0 Å². The lowest BCUT2D eigenvalue weighted by Gasteiger charge is -2.07. The Kier molecular flexibility index (Phi) is 2.39. The van der Waals surface area contributed by atoms with Gasteiger partial charge in [0, 0.05) is 11.5 Å². The molecule has 2 aromatic rings. The number of hydrogen-bond acceptors (Lipinski definition) is 2. The zero-order valence-corrected chi connectivity index (χ0v) is 9.05. The van der Waals surface area contributed by atoms with Crippen LogP contribution in [0, 0.1) is 0 Å². The highest BCUT2D eigenvalue weighted by Crippen LogP contribution is 2.40. The van der Waals surface area contributed by atoms with Crippen LogP contribution >= 0.6 is 0 Å². The predicted octanol–water partition coefficient (Wildman–Crippen LogP) is 3.08. The molecule has 17 heavy (non-hydrogen) atoms. The molecule has 1 saturated carbocycles. The second-order valence-corrected chi connectivity index (χ2v) is 4.24. The maximum atomic E-state index is 12.6. The molecule has 1 fully saturated rings.